The maximum Gasteiger partial charge on any atom is 0.179 e. The molecule has 1 heterocycles. The molecule has 21 heavy (non-hydrogen) atoms. The Labute approximate surface area is 127 Å². The van der Waals surface area contributed by atoms with Gasteiger partial charge in [0, 0.05) is 25.7 Å². The SMILES string of the molecule is COC[C@@H]1CCCN1N[C@@H](C)CS(=O)(=O)c1ccccc1. The maximum absolute atomic E-state index is 12.3. The lowest BCUT2D eigenvalue weighted by atomic mass is 10.2. The molecule has 1 aliphatic rings. The third-order valence-corrected chi connectivity index (χ3v) is 5.62. The second kappa shape index (κ2) is 7.35. The van der Waals surface area contributed by atoms with E-state index >= 15 is 0 Å². The monoisotopic (exact) mass is 312 g/mol. The molecule has 0 spiro atoms. The summed E-state index contributed by atoms with van der Waals surface area (Å²) in [6.45, 7) is 3.51. The number of sulfone groups is 1. The van der Waals surface area contributed by atoms with Gasteiger partial charge in [-0.3, -0.25) is 5.43 Å². The number of hydrazine groups is 1. The highest BCUT2D eigenvalue weighted by Gasteiger charge is 2.27. The van der Waals surface area contributed by atoms with Crippen LogP contribution in [0.5, 0.6) is 0 Å². The molecule has 118 valence electrons. The van der Waals surface area contributed by atoms with Crippen molar-refractivity contribution in [2.45, 2.75) is 36.7 Å². The summed E-state index contributed by atoms with van der Waals surface area (Å²) in [6, 6.07) is 8.81. The Morgan fingerprint density at radius 2 is 2.10 bits per heavy atom. The Hall–Kier alpha value is -0.950. The lowest BCUT2D eigenvalue weighted by Gasteiger charge is -2.28. The first kappa shape index (κ1) is 16.4. The average Bonchev–Trinajstić information content (AvgIpc) is 2.87. The van der Waals surface area contributed by atoms with Crippen LogP contribution in [0.4, 0.5) is 0 Å². The summed E-state index contributed by atoms with van der Waals surface area (Å²) in [4.78, 5) is 0.383. The van der Waals surface area contributed by atoms with Gasteiger partial charge < -0.3 is 4.74 Å². The molecule has 0 aromatic heterocycles. The third kappa shape index (κ3) is 4.51. The lowest BCUT2D eigenvalue weighted by molar-refractivity contribution is 0.0757. The second-order valence-corrected chi connectivity index (χ2v) is 7.60. The molecule has 0 amide bonds. The zero-order valence-electron chi connectivity index (χ0n) is 12.7. The minimum atomic E-state index is -3.25. The van der Waals surface area contributed by atoms with Gasteiger partial charge in [0.05, 0.1) is 17.3 Å². The topological polar surface area (TPSA) is 58.6 Å². The van der Waals surface area contributed by atoms with Gasteiger partial charge in [0.2, 0.25) is 0 Å². The van der Waals surface area contributed by atoms with Crippen molar-refractivity contribution >= 4 is 9.84 Å². The van der Waals surface area contributed by atoms with Crippen LogP contribution in [0, 0.1) is 0 Å². The number of benzene rings is 1. The number of rotatable bonds is 7. The van der Waals surface area contributed by atoms with Crippen LogP contribution in [0.25, 0.3) is 0 Å². The standard InChI is InChI=1S/C15H24N2O3S/c1-13(16-17-10-6-7-14(17)11-20-2)12-21(18,19)15-8-4-3-5-9-15/h3-5,8-9,13-14,16H,6-7,10-12H2,1-2H3/t13-,14-/m0/s1. The van der Waals surface area contributed by atoms with E-state index in [0.29, 0.717) is 17.5 Å². The van der Waals surface area contributed by atoms with Crippen molar-refractivity contribution in [3.63, 3.8) is 0 Å². The quantitative estimate of drug-likeness (QED) is 0.826. The first-order valence-corrected chi connectivity index (χ1v) is 8.97. The van der Waals surface area contributed by atoms with Crippen molar-refractivity contribution in [3.8, 4) is 0 Å². The van der Waals surface area contributed by atoms with E-state index in [1.54, 1.807) is 31.4 Å². The van der Waals surface area contributed by atoms with Crippen LogP contribution in [0.1, 0.15) is 19.8 Å². The Kier molecular flexibility index (Phi) is 5.75. The summed E-state index contributed by atoms with van der Waals surface area (Å²) in [7, 11) is -1.56. The molecule has 1 fully saturated rings. The highest BCUT2D eigenvalue weighted by molar-refractivity contribution is 7.91. The van der Waals surface area contributed by atoms with Crippen molar-refractivity contribution in [2.24, 2.45) is 0 Å². The molecule has 1 aromatic rings. The number of hydrogen-bond donors (Lipinski definition) is 1. The van der Waals surface area contributed by atoms with Crippen LogP contribution >= 0.6 is 0 Å². The number of nitrogens with one attached hydrogen (secondary N) is 1. The summed E-state index contributed by atoms with van der Waals surface area (Å²) in [5.74, 6) is 0.0905. The lowest BCUT2D eigenvalue weighted by Crippen LogP contribution is -2.49. The minimum absolute atomic E-state index is 0.0905. The molecule has 1 N–H and O–H groups in total. The van der Waals surface area contributed by atoms with Crippen molar-refractivity contribution in [2.75, 3.05) is 26.0 Å². The molecular formula is C15H24N2O3S. The first-order chi connectivity index (χ1) is 10.0. The van der Waals surface area contributed by atoms with E-state index in [2.05, 4.69) is 10.4 Å². The fourth-order valence-corrected chi connectivity index (χ4v) is 4.24. The summed E-state index contributed by atoms with van der Waals surface area (Å²) >= 11 is 0. The average molecular weight is 312 g/mol. The Morgan fingerprint density at radius 1 is 1.38 bits per heavy atom. The molecule has 0 aliphatic carbocycles. The number of methoxy groups -OCH3 is 1. The van der Waals surface area contributed by atoms with Gasteiger partial charge in [-0.1, -0.05) is 18.2 Å². The van der Waals surface area contributed by atoms with Crippen molar-refractivity contribution in [1.82, 2.24) is 10.4 Å². The molecule has 0 radical (unpaired) electrons. The summed E-state index contributed by atoms with van der Waals surface area (Å²) in [6.07, 6.45) is 2.19. The first-order valence-electron chi connectivity index (χ1n) is 7.32. The largest absolute Gasteiger partial charge is 0.383 e. The van der Waals surface area contributed by atoms with Gasteiger partial charge in [0.25, 0.3) is 0 Å². The Morgan fingerprint density at radius 3 is 2.76 bits per heavy atom. The van der Waals surface area contributed by atoms with Gasteiger partial charge in [0.1, 0.15) is 0 Å². The molecule has 5 nitrogen and oxygen atoms in total. The van der Waals surface area contributed by atoms with Gasteiger partial charge in [-0.25, -0.2) is 13.4 Å². The third-order valence-electron chi connectivity index (χ3n) is 3.69. The summed E-state index contributed by atoms with van der Waals surface area (Å²) in [5.41, 5.74) is 3.31. The maximum atomic E-state index is 12.3. The smallest absolute Gasteiger partial charge is 0.179 e. The van der Waals surface area contributed by atoms with E-state index in [-0.39, 0.29) is 11.8 Å². The predicted octanol–water partition coefficient (Wildman–Crippen LogP) is 1.46. The second-order valence-electron chi connectivity index (χ2n) is 5.57. The molecular weight excluding hydrogens is 288 g/mol. The molecule has 1 saturated heterocycles. The van der Waals surface area contributed by atoms with Crippen LogP contribution in [-0.2, 0) is 14.6 Å². The van der Waals surface area contributed by atoms with E-state index in [1.165, 1.54) is 0 Å². The van der Waals surface area contributed by atoms with Crippen LogP contribution in [0.15, 0.2) is 35.2 Å². The van der Waals surface area contributed by atoms with Crippen LogP contribution < -0.4 is 5.43 Å². The van der Waals surface area contributed by atoms with Gasteiger partial charge in [0.15, 0.2) is 9.84 Å². The Balaban J connectivity index is 1.94. The van der Waals surface area contributed by atoms with Crippen molar-refractivity contribution in [3.05, 3.63) is 30.3 Å². The molecule has 2 atom stereocenters. The van der Waals surface area contributed by atoms with Gasteiger partial charge in [-0.05, 0) is 31.9 Å². The highest BCUT2D eigenvalue weighted by Crippen LogP contribution is 2.16. The minimum Gasteiger partial charge on any atom is -0.383 e. The van der Waals surface area contributed by atoms with Crippen LogP contribution in [-0.4, -0.2) is 51.5 Å². The van der Waals surface area contributed by atoms with E-state index in [4.69, 9.17) is 4.74 Å². The van der Waals surface area contributed by atoms with E-state index in [9.17, 15) is 8.42 Å². The van der Waals surface area contributed by atoms with Crippen LogP contribution in [0.2, 0.25) is 0 Å². The zero-order valence-corrected chi connectivity index (χ0v) is 13.5. The molecule has 2 rings (SSSR count). The van der Waals surface area contributed by atoms with Gasteiger partial charge in [-0.2, -0.15) is 0 Å². The summed E-state index contributed by atoms with van der Waals surface area (Å²) in [5, 5.41) is 2.12. The van der Waals surface area contributed by atoms with E-state index < -0.39 is 9.84 Å². The zero-order chi connectivity index (χ0) is 15.3. The molecule has 0 saturated carbocycles. The van der Waals surface area contributed by atoms with Gasteiger partial charge in [-0.15, -0.1) is 0 Å². The molecule has 0 bridgehead atoms. The van der Waals surface area contributed by atoms with E-state index in [0.717, 1.165) is 19.4 Å². The Bertz CT molecular complexity index is 533. The molecule has 1 aromatic carbocycles. The van der Waals surface area contributed by atoms with Crippen LogP contribution in [0.3, 0.4) is 0 Å². The molecule has 1 aliphatic heterocycles. The predicted molar refractivity (Wildman–Crippen MR) is 82.7 cm³/mol. The van der Waals surface area contributed by atoms with Gasteiger partial charge >= 0.3 is 0 Å². The number of nitrogens with zero attached hydrogens (tertiary/aromatic N) is 1. The fourth-order valence-electron chi connectivity index (χ4n) is 2.74. The van der Waals surface area contributed by atoms with E-state index in [1.807, 2.05) is 13.0 Å². The normalized spacial score (nSPS) is 21.5. The van der Waals surface area contributed by atoms with Crippen molar-refractivity contribution < 1.29 is 13.2 Å². The van der Waals surface area contributed by atoms with Crippen molar-refractivity contribution in [1.29, 1.82) is 0 Å². The number of hydrogen-bond acceptors (Lipinski definition) is 5. The molecule has 0 unspecified atom stereocenters. The molecule has 6 heteroatoms. The fraction of sp³-hybridized carbons (Fsp3) is 0.600. The number of ether oxygens (including phenoxy) is 1. The highest BCUT2D eigenvalue weighted by atomic mass is 32.2. The summed E-state index contributed by atoms with van der Waals surface area (Å²) < 4.78 is 29.9.